The topological polar surface area (TPSA) is 58.6 Å². The molecular formula is C14H25NO3. The van der Waals surface area contributed by atoms with Gasteiger partial charge in [-0.25, -0.2) is 0 Å². The van der Waals surface area contributed by atoms with Crippen LogP contribution in [0.25, 0.3) is 0 Å². The molecule has 0 aromatic heterocycles. The van der Waals surface area contributed by atoms with Crippen LogP contribution < -0.4 is 5.32 Å². The Labute approximate surface area is 109 Å². The van der Waals surface area contributed by atoms with Gasteiger partial charge < -0.3 is 15.2 Å². The van der Waals surface area contributed by atoms with Crippen LogP contribution in [0, 0.1) is 17.8 Å². The maximum Gasteiger partial charge on any atom is 0.220 e. The fraction of sp³-hybridized carbons (Fsp3) is 0.929. The maximum atomic E-state index is 12.0. The second kappa shape index (κ2) is 6.53. The molecule has 0 aromatic rings. The van der Waals surface area contributed by atoms with Crippen molar-refractivity contribution in [2.45, 2.75) is 44.6 Å². The van der Waals surface area contributed by atoms with Gasteiger partial charge in [0.1, 0.15) is 0 Å². The van der Waals surface area contributed by atoms with Crippen LogP contribution in [0.1, 0.15) is 38.5 Å². The summed E-state index contributed by atoms with van der Waals surface area (Å²) >= 11 is 0. The minimum Gasteiger partial charge on any atom is -0.396 e. The van der Waals surface area contributed by atoms with Crippen molar-refractivity contribution >= 4 is 5.91 Å². The number of carbonyl (C=O) groups excluding carboxylic acids is 1. The molecule has 2 fully saturated rings. The summed E-state index contributed by atoms with van der Waals surface area (Å²) in [6, 6.07) is -0.0499. The van der Waals surface area contributed by atoms with Crippen LogP contribution in [0.4, 0.5) is 0 Å². The summed E-state index contributed by atoms with van der Waals surface area (Å²) in [6.07, 6.45) is 6.51. The van der Waals surface area contributed by atoms with Crippen LogP contribution in [-0.4, -0.2) is 37.4 Å². The third-order valence-electron chi connectivity index (χ3n) is 4.54. The lowest BCUT2D eigenvalue weighted by Crippen LogP contribution is -2.39. The molecule has 4 unspecified atom stereocenters. The summed E-state index contributed by atoms with van der Waals surface area (Å²) in [5.41, 5.74) is 0. The molecule has 0 aliphatic heterocycles. The number of ether oxygens (including phenoxy) is 1. The molecule has 0 aromatic carbocycles. The number of hydrogen-bond acceptors (Lipinski definition) is 3. The van der Waals surface area contributed by atoms with Crippen molar-refractivity contribution in [3.63, 3.8) is 0 Å². The fourth-order valence-corrected chi connectivity index (χ4v) is 3.71. The largest absolute Gasteiger partial charge is 0.396 e. The second-order valence-corrected chi connectivity index (χ2v) is 5.87. The first-order valence-electron chi connectivity index (χ1n) is 7.12. The average Bonchev–Trinajstić information content (AvgIpc) is 2.91. The predicted molar refractivity (Wildman–Crippen MR) is 69.1 cm³/mol. The van der Waals surface area contributed by atoms with E-state index >= 15 is 0 Å². The lowest BCUT2D eigenvalue weighted by molar-refractivity contribution is -0.123. The molecule has 4 heteroatoms. The van der Waals surface area contributed by atoms with E-state index in [-0.39, 0.29) is 18.6 Å². The highest BCUT2D eigenvalue weighted by Crippen LogP contribution is 2.49. The van der Waals surface area contributed by atoms with Crippen molar-refractivity contribution < 1.29 is 14.6 Å². The van der Waals surface area contributed by atoms with Gasteiger partial charge in [-0.15, -0.1) is 0 Å². The molecule has 2 rings (SSSR count). The Bertz CT molecular complexity index is 276. The monoisotopic (exact) mass is 255 g/mol. The van der Waals surface area contributed by atoms with Gasteiger partial charge in [-0.05, 0) is 43.4 Å². The SMILES string of the molecule is COCC(CCO)NC(=O)CC1CC2CCC1C2. The van der Waals surface area contributed by atoms with Crippen LogP contribution in [0.5, 0.6) is 0 Å². The number of rotatable bonds is 7. The van der Waals surface area contributed by atoms with Gasteiger partial charge in [0.15, 0.2) is 0 Å². The van der Waals surface area contributed by atoms with Gasteiger partial charge in [0.25, 0.3) is 0 Å². The number of carbonyl (C=O) groups is 1. The first-order valence-corrected chi connectivity index (χ1v) is 7.12. The van der Waals surface area contributed by atoms with Crippen LogP contribution in [0.15, 0.2) is 0 Å². The zero-order valence-electron chi connectivity index (χ0n) is 11.2. The Morgan fingerprint density at radius 1 is 1.44 bits per heavy atom. The molecule has 2 bridgehead atoms. The molecule has 4 nitrogen and oxygen atoms in total. The number of hydrogen-bond donors (Lipinski definition) is 2. The summed E-state index contributed by atoms with van der Waals surface area (Å²) in [5.74, 6) is 2.41. The van der Waals surface area contributed by atoms with E-state index in [1.54, 1.807) is 7.11 Å². The fourth-order valence-electron chi connectivity index (χ4n) is 3.71. The molecule has 18 heavy (non-hydrogen) atoms. The molecular weight excluding hydrogens is 230 g/mol. The molecule has 0 saturated heterocycles. The first kappa shape index (κ1) is 13.8. The standard InChI is InChI=1S/C14H25NO3/c1-18-9-13(4-5-16)15-14(17)8-12-7-10-2-3-11(12)6-10/h10-13,16H,2-9H2,1H3,(H,15,17). The molecule has 104 valence electrons. The number of fused-ring (bicyclic) bond motifs is 2. The van der Waals surface area contributed by atoms with E-state index in [1.165, 1.54) is 25.7 Å². The van der Waals surface area contributed by atoms with Gasteiger partial charge in [-0.1, -0.05) is 6.42 Å². The van der Waals surface area contributed by atoms with Crippen LogP contribution in [-0.2, 0) is 9.53 Å². The third kappa shape index (κ3) is 3.45. The lowest BCUT2D eigenvalue weighted by Gasteiger charge is -2.23. The Kier molecular flexibility index (Phi) is 5.01. The second-order valence-electron chi connectivity index (χ2n) is 5.87. The van der Waals surface area contributed by atoms with E-state index in [9.17, 15) is 4.79 Å². The molecule has 4 atom stereocenters. The molecule has 0 spiro atoms. The molecule has 2 saturated carbocycles. The Balaban J connectivity index is 1.73. The van der Waals surface area contributed by atoms with Crippen molar-refractivity contribution in [2.75, 3.05) is 20.3 Å². The summed E-state index contributed by atoms with van der Waals surface area (Å²) in [5, 5.41) is 11.9. The van der Waals surface area contributed by atoms with Gasteiger partial charge in [0, 0.05) is 20.1 Å². The summed E-state index contributed by atoms with van der Waals surface area (Å²) in [7, 11) is 1.62. The molecule has 2 aliphatic rings. The number of aliphatic hydroxyl groups excluding tert-OH is 1. The average molecular weight is 255 g/mol. The Morgan fingerprint density at radius 2 is 2.28 bits per heavy atom. The summed E-state index contributed by atoms with van der Waals surface area (Å²) in [6.45, 7) is 0.561. The Hall–Kier alpha value is -0.610. The van der Waals surface area contributed by atoms with Crippen molar-refractivity contribution in [1.29, 1.82) is 0 Å². The van der Waals surface area contributed by atoms with E-state index in [2.05, 4.69) is 5.32 Å². The normalized spacial score (nSPS) is 31.6. The quantitative estimate of drug-likeness (QED) is 0.721. The highest BCUT2D eigenvalue weighted by molar-refractivity contribution is 5.76. The minimum absolute atomic E-state index is 0.0499. The first-order chi connectivity index (χ1) is 8.72. The third-order valence-corrected chi connectivity index (χ3v) is 4.54. The van der Waals surface area contributed by atoms with E-state index < -0.39 is 0 Å². The van der Waals surface area contributed by atoms with Crippen LogP contribution in [0.2, 0.25) is 0 Å². The van der Waals surface area contributed by atoms with Crippen LogP contribution in [0.3, 0.4) is 0 Å². The van der Waals surface area contributed by atoms with Crippen molar-refractivity contribution in [3.05, 3.63) is 0 Å². The molecule has 2 N–H and O–H groups in total. The van der Waals surface area contributed by atoms with E-state index in [1.807, 2.05) is 0 Å². The summed E-state index contributed by atoms with van der Waals surface area (Å²) in [4.78, 5) is 12.0. The van der Waals surface area contributed by atoms with Gasteiger partial charge in [-0.2, -0.15) is 0 Å². The number of methoxy groups -OCH3 is 1. The van der Waals surface area contributed by atoms with Crippen molar-refractivity contribution in [2.24, 2.45) is 17.8 Å². The van der Waals surface area contributed by atoms with Crippen LogP contribution >= 0.6 is 0 Å². The smallest absolute Gasteiger partial charge is 0.220 e. The molecule has 2 aliphatic carbocycles. The number of aliphatic hydroxyl groups is 1. The highest BCUT2D eigenvalue weighted by Gasteiger charge is 2.40. The van der Waals surface area contributed by atoms with Crippen molar-refractivity contribution in [3.8, 4) is 0 Å². The lowest BCUT2D eigenvalue weighted by atomic mass is 9.86. The minimum atomic E-state index is -0.0499. The van der Waals surface area contributed by atoms with Gasteiger partial charge in [-0.3, -0.25) is 4.79 Å². The molecule has 0 radical (unpaired) electrons. The number of nitrogens with one attached hydrogen (secondary N) is 1. The van der Waals surface area contributed by atoms with Crippen molar-refractivity contribution in [1.82, 2.24) is 5.32 Å². The van der Waals surface area contributed by atoms with E-state index in [4.69, 9.17) is 9.84 Å². The van der Waals surface area contributed by atoms with E-state index in [0.717, 1.165) is 11.8 Å². The maximum absolute atomic E-state index is 12.0. The highest BCUT2D eigenvalue weighted by atomic mass is 16.5. The molecule has 1 amide bonds. The van der Waals surface area contributed by atoms with E-state index in [0.29, 0.717) is 25.4 Å². The summed E-state index contributed by atoms with van der Waals surface area (Å²) < 4.78 is 5.05. The van der Waals surface area contributed by atoms with Gasteiger partial charge in [0.2, 0.25) is 5.91 Å². The van der Waals surface area contributed by atoms with Gasteiger partial charge in [0.05, 0.1) is 12.6 Å². The zero-order chi connectivity index (χ0) is 13.0. The predicted octanol–water partition coefficient (Wildman–Crippen LogP) is 1.33. The molecule has 0 heterocycles. The zero-order valence-corrected chi connectivity index (χ0v) is 11.2. The van der Waals surface area contributed by atoms with Gasteiger partial charge >= 0.3 is 0 Å². The number of amides is 1. The Morgan fingerprint density at radius 3 is 2.83 bits per heavy atom.